The summed E-state index contributed by atoms with van der Waals surface area (Å²) in [6.45, 7) is 1.73. The van der Waals surface area contributed by atoms with Gasteiger partial charge in [0.05, 0.1) is 29.7 Å². The highest BCUT2D eigenvalue weighted by atomic mass is 79.9. The van der Waals surface area contributed by atoms with Crippen molar-refractivity contribution >= 4 is 49.3 Å². The number of nitrogens with zero attached hydrogens (tertiary/aromatic N) is 4. The van der Waals surface area contributed by atoms with Crippen molar-refractivity contribution in [3.8, 4) is 6.07 Å². The van der Waals surface area contributed by atoms with Crippen LogP contribution in [0.2, 0.25) is 0 Å². The van der Waals surface area contributed by atoms with E-state index in [-0.39, 0.29) is 29.1 Å². The van der Waals surface area contributed by atoms with Crippen molar-refractivity contribution in [2.45, 2.75) is 13.5 Å². The molecule has 10 heteroatoms. The molecule has 1 aromatic carbocycles. The molecule has 0 saturated heterocycles. The smallest absolute Gasteiger partial charge is 0.414 e. The number of pyridine rings is 1. The Balaban J connectivity index is 2.57. The van der Waals surface area contributed by atoms with Gasteiger partial charge in [0, 0.05) is 6.07 Å². The maximum Gasteiger partial charge on any atom is 0.414 e. The van der Waals surface area contributed by atoms with Crippen LogP contribution in [0.4, 0.5) is 16.2 Å². The van der Waals surface area contributed by atoms with Gasteiger partial charge in [0.1, 0.15) is 10.3 Å². The van der Waals surface area contributed by atoms with Crippen molar-refractivity contribution in [3.63, 3.8) is 0 Å². The Morgan fingerprint density at radius 3 is 2.77 bits per heavy atom. The van der Waals surface area contributed by atoms with E-state index in [1.165, 1.54) is 6.07 Å². The minimum atomic E-state index is -0.747. The van der Waals surface area contributed by atoms with E-state index in [1.807, 2.05) is 6.07 Å². The fourth-order valence-corrected chi connectivity index (χ4v) is 3.38. The lowest BCUT2D eigenvalue weighted by atomic mass is 10.1. The Kier molecular flexibility index (Phi) is 6.65. The summed E-state index contributed by atoms with van der Waals surface area (Å²) >= 11 is 6.23. The fourth-order valence-electron chi connectivity index (χ4n) is 2.21. The Morgan fingerprint density at radius 1 is 1.42 bits per heavy atom. The van der Waals surface area contributed by atoms with Gasteiger partial charge in [-0.05, 0) is 56.5 Å². The first-order valence-corrected chi connectivity index (χ1v) is 8.89. The molecular weight excluding hydrogens is 472 g/mol. The molecule has 0 bridgehead atoms. The first-order valence-electron chi connectivity index (χ1n) is 7.31. The van der Waals surface area contributed by atoms with E-state index in [1.54, 1.807) is 31.2 Å². The highest BCUT2D eigenvalue weighted by molar-refractivity contribution is 9.11. The minimum absolute atomic E-state index is 0.0158. The van der Waals surface area contributed by atoms with E-state index < -0.39 is 11.0 Å². The standard InChI is InChI=1S/C16H12Br2N4O4/c1-2-26-16(23)21(9-11-5-3-4-10(6-11)8-19)12-7-13(17)20-15(18)14(12)22(24)25/h3-7H,2,9H2,1H3. The average Bonchev–Trinajstić information content (AvgIpc) is 2.58. The summed E-state index contributed by atoms with van der Waals surface area (Å²) in [6, 6.07) is 9.99. The van der Waals surface area contributed by atoms with Crippen molar-refractivity contribution in [2.75, 3.05) is 11.5 Å². The third-order valence-electron chi connectivity index (χ3n) is 3.26. The zero-order chi connectivity index (χ0) is 19.3. The molecule has 1 aromatic heterocycles. The van der Waals surface area contributed by atoms with Crippen molar-refractivity contribution in [2.24, 2.45) is 0 Å². The zero-order valence-corrected chi connectivity index (χ0v) is 16.7. The topological polar surface area (TPSA) is 109 Å². The third-order valence-corrected chi connectivity index (χ3v) is 4.22. The highest BCUT2D eigenvalue weighted by Gasteiger charge is 2.30. The molecule has 0 aliphatic carbocycles. The van der Waals surface area contributed by atoms with E-state index in [2.05, 4.69) is 36.8 Å². The molecule has 134 valence electrons. The van der Waals surface area contributed by atoms with Crippen LogP contribution in [0.1, 0.15) is 18.1 Å². The van der Waals surface area contributed by atoms with Crippen LogP contribution in [-0.2, 0) is 11.3 Å². The first-order chi connectivity index (χ1) is 12.4. The van der Waals surface area contributed by atoms with Crippen LogP contribution in [0.3, 0.4) is 0 Å². The van der Waals surface area contributed by atoms with Crippen molar-refractivity contribution in [1.29, 1.82) is 5.26 Å². The van der Waals surface area contributed by atoms with Gasteiger partial charge in [-0.1, -0.05) is 12.1 Å². The van der Waals surface area contributed by atoms with Gasteiger partial charge >= 0.3 is 11.8 Å². The molecule has 0 aliphatic rings. The van der Waals surface area contributed by atoms with Gasteiger partial charge in [-0.3, -0.25) is 15.0 Å². The number of hydrogen-bond donors (Lipinski definition) is 0. The number of rotatable bonds is 5. The second-order valence-corrected chi connectivity index (χ2v) is 6.52. The molecule has 26 heavy (non-hydrogen) atoms. The highest BCUT2D eigenvalue weighted by Crippen LogP contribution is 2.37. The summed E-state index contributed by atoms with van der Waals surface area (Å²) in [5, 5.41) is 20.5. The molecule has 8 nitrogen and oxygen atoms in total. The van der Waals surface area contributed by atoms with Crippen molar-refractivity contribution in [1.82, 2.24) is 4.98 Å². The van der Waals surface area contributed by atoms with E-state index >= 15 is 0 Å². The SMILES string of the molecule is CCOC(=O)N(Cc1cccc(C#N)c1)c1cc(Br)nc(Br)c1[N+](=O)[O-]. The number of nitro groups is 1. The fraction of sp³-hybridized carbons (Fsp3) is 0.188. The van der Waals surface area contributed by atoms with Crippen molar-refractivity contribution in [3.05, 3.63) is 60.8 Å². The molecule has 0 radical (unpaired) electrons. The van der Waals surface area contributed by atoms with Gasteiger partial charge in [0.2, 0.25) is 0 Å². The van der Waals surface area contributed by atoms with Gasteiger partial charge in [-0.2, -0.15) is 5.26 Å². The zero-order valence-electron chi connectivity index (χ0n) is 13.5. The Bertz CT molecular complexity index is 898. The number of ether oxygens (including phenoxy) is 1. The van der Waals surface area contributed by atoms with Crippen LogP contribution in [-0.4, -0.2) is 22.6 Å². The molecule has 2 aromatic rings. The Hall–Kier alpha value is -2.51. The summed E-state index contributed by atoms with van der Waals surface area (Å²) in [6.07, 6.45) is -0.747. The first kappa shape index (κ1) is 19.8. The predicted molar refractivity (Wildman–Crippen MR) is 101 cm³/mol. The normalized spacial score (nSPS) is 10.1. The summed E-state index contributed by atoms with van der Waals surface area (Å²) in [4.78, 5) is 28.4. The largest absolute Gasteiger partial charge is 0.449 e. The maximum atomic E-state index is 12.5. The molecule has 0 unspecified atom stereocenters. The lowest BCUT2D eigenvalue weighted by Crippen LogP contribution is -2.32. The van der Waals surface area contributed by atoms with Gasteiger partial charge in [0.15, 0.2) is 4.60 Å². The second kappa shape index (κ2) is 8.73. The number of nitriles is 1. The summed E-state index contributed by atoms with van der Waals surface area (Å²) in [5.41, 5.74) is 0.690. The number of halogens is 2. The lowest BCUT2D eigenvalue weighted by Gasteiger charge is -2.22. The summed E-state index contributed by atoms with van der Waals surface area (Å²) in [5.74, 6) is 0. The molecule has 1 amide bonds. The van der Waals surface area contributed by atoms with Gasteiger partial charge in [0.25, 0.3) is 0 Å². The quantitative estimate of drug-likeness (QED) is 0.350. The molecule has 0 fully saturated rings. The molecule has 0 N–H and O–H groups in total. The number of anilines is 1. The van der Waals surface area contributed by atoms with Crippen LogP contribution < -0.4 is 4.90 Å². The number of carbonyl (C=O) groups excluding carboxylic acids is 1. The second-order valence-electron chi connectivity index (χ2n) is 4.96. The van der Waals surface area contributed by atoms with E-state index in [0.29, 0.717) is 15.7 Å². The van der Waals surface area contributed by atoms with E-state index in [9.17, 15) is 14.9 Å². The molecule has 0 saturated carbocycles. The predicted octanol–water partition coefficient (Wildman–Crippen LogP) is 4.55. The van der Waals surface area contributed by atoms with Crippen LogP contribution in [0.15, 0.2) is 39.5 Å². The molecular formula is C16H12Br2N4O4. The third kappa shape index (κ3) is 4.56. The van der Waals surface area contributed by atoms with E-state index in [0.717, 1.165) is 4.90 Å². The average molecular weight is 484 g/mol. The molecule has 0 spiro atoms. The number of amides is 1. The Morgan fingerprint density at radius 2 is 2.15 bits per heavy atom. The summed E-state index contributed by atoms with van der Waals surface area (Å²) < 4.78 is 5.34. The number of aromatic nitrogens is 1. The number of hydrogen-bond acceptors (Lipinski definition) is 6. The van der Waals surface area contributed by atoms with Gasteiger partial charge < -0.3 is 4.74 Å². The Labute approximate surface area is 165 Å². The monoisotopic (exact) mass is 482 g/mol. The molecule has 2 rings (SSSR count). The number of benzene rings is 1. The number of carbonyl (C=O) groups is 1. The summed E-state index contributed by atoms with van der Waals surface area (Å²) in [7, 11) is 0. The van der Waals surface area contributed by atoms with Gasteiger partial charge in [-0.15, -0.1) is 0 Å². The van der Waals surface area contributed by atoms with Crippen LogP contribution in [0, 0.1) is 21.4 Å². The molecule has 0 aliphatic heterocycles. The van der Waals surface area contributed by atoms with Gasteiger partial charge in [-0.25, -0.2) is 9.78 Å². The molecule has 0 atom stereocenters. The maximum absolute atomic E-state index is 12.5. The lowest BCUT2D eigenvalue weighted by molar-refractivity contribution is -0.385. The molecule has 1 heterocycles. The van der Waals surface area contributed by atoms with Crippen LogP contribution >= 0.6 is 31.9 Å². The minimum Gasteiger partial charge on any atom is -0.449 e. The van der Waals surface area contributed by atoms with Crippen molar-refractivity contribution < 1.29 is 14.5 Å². The van der Waals surface area contributed by atoms with Crippen LogP contribution in [0.5, 0.6) is 0 Å². The van der Waals surface area contributed by atoms with Crippen LogP contribution in [0.25, 0.3) is 0 Å². The van der Waals surface area contributed by atoms with E-state index in [4.69, 9.17) is 10.00 Å².